The molecule has 1 N–H and O–H groups in total. The highest BCUT2D eigenvalue weighted by atomic mass is 32.1. The van der Waals surface area contributed by atoms with Crippen LogP contribution in [0, 0.1) is 0 Å². The molecule has 1 aromatic heterocycles. The van der Waals surface area contributed by atoms with Crippen molar-refractivity contribution in [1.29, 1.82) is 0 Å². The second-order valence-corrected chi connectivity index (χ2v) is 8.52. The first-order valence-electron chi connectivity index (χ1n) is 9.34. The van der Waals surface area contributed by atoms with Crippen LogP contribution in [0.1, 0.15) is 26.3 Å². The lowest BCUT2D eigenvalue weighted by Crippen LogP contribution is -2.52. The molecule has 7 heteroatoms. The monoisotopic (exact) mass is 388 g/mol. The first-order valence-corrected chi connectivity index (χ1v) is 10.2. The summed E-state index contributed by atoms with van der Waals surface area (Å²) in [5.74, 6) is 0.828. The summed E-state index contributed by atoms with van der Waals surface area (Å²) in [6, 6.07) is 8.13. The maximum atomic E-state index is 12.3. The van der Waals surface area contributed by atoms with Gasteiger partial charge in [0.05, 0.1) is 6.54 Å². The highest BCUT2D eigenvalue weighted by Gasteiger charge is 2.22. The molecule has 2 aromatic rings. The van der Waals surface area contributed by atoms with Crippen LogP contribution in [0.4, 0.5) is 9.93 Å². The first kappa shape index (κ1) is 19.5. The zero-order chi connectivity index (χ0) is 19.3. The normalized spacial score (nSPS) is 14.9. The lowest BCUT2D eigenvalue weighted by molar-refractivity contribution is 0.191. The molecule has 2 amide bonds. The molecule has 1 aromatic carbocycles. The molecule has 0 saturated carbocycles. The molecule has 0 bridgehead atoms. The molecule has 0 aliphatic carbocycles. The molecule has 2 heterocycles. The van der Waals surface area contributed by atoms with Crippen molar-refractivity contribution >= 4 is 22.5 Å². The van der Waals surface area contributed by atoms with E-state index in [-0.39, 0.29) is 11.4 Å². The van der Waals surface area contributed by atoms with Gasteiger partial charge < -0.3 is 19.9 Å². The first-order chi connectivity index (χ1) is 12.9. The van der Waals surface area contributed by atoms with Crippen LogP contribution >= 0.6 is 11.3 Å². The molecule has 6 nitrogen and oxygen atoms in total. The van der Waals surface area contributed by atoms with Gasteiger partial charge in [0, 0.05) is 37.8 Å². The molecule has 0 radical (unpaired) electrons. The van der Waals surface area contributed by atoms with E-state index in [4.69, 9.17) is 4.74 Å². The predicted octanol–water partition coefficient (Wildman–Crippen LogP) is 3.35. The van der Waals surface area contributed by atoms with Gasteiger partial charge in [-0.25, -0.2) is 9.78 Å². The van der Waals surface area contributed by atoms with Crippen molar-refractivity contribution < 1.29 is 9.53 Å². The molecular formula is C20H28N4O2S. The van der Waals surface area contributed by atoms with E-state index in [1.54, 1.807) is 11.3 Å². The largest absolute Gasteiger partial charge is 0.492 e. The van der Waals surface area contributed by atoms with Gasteiger partial charge in [-0.15, -0.1) is 11.3 Å². The van der Waals surface area contributed by atoms with Gasteiger partial charge in [0.25, 0.3) is 0 Å². The Morgan fingerprint density at radius 3 is 2.48 bits per heavy atom. The van der Waals surface area contributed by atoms with E-state index >= 15 is 0 Å². The van der Waals surface area contributed by atoms with Gasteiger partial charge in [-0.05, 0) is 23.1 Å². The quantitative estimate of drug-likeness (QED) is 0.798. The summed E-state index contributed by atoms with van der Waals surface area (Å²) in [6.07, 6.45) is 1.82. The standard InChI is InChI=1S/C20H28N4O2S/c1-20(2,3)16-4-6-17(7-5-16)26-14-8-21-18(25)23-10-12-24(13-11-23)19-22-9-15-27-19/h4-7,9,15H,8,10-14H2,1-3H3,(H,21,25). The summed E-state index contributed by atoms with van der Waals surface area (Å²) in [5, 5.41) is 5.94. The van der Waals surface area contributed by atoms with Gasteiger partial charge >= 0.3 is 6.03 Å². The predicted molar refractivity (Wildman–Crippen MR) is 110 cm³/mol. The summed E-state index contributed by atoms with van der Waals surface area (Å²) < 4.78 is 5.73. The molecule has 1 aliphatic heterocycles. The van der Waals surface area contributed by atoms with E-state index in [1.165, 1.54) is 5.56 Å². The van der Waals surface area contributed by atoms with Gasteiger partial charge in [-0.2, -0.15) is 0 Å². The lowest BCUT2D eigenvalue weighted by atomic mass is 9.87. The number of nitrogens with zero attached hydrogens (tertiary/aromatic N) is 3. The van der Waals surface area contributed by atoms with Crippen molar-refractivity contribution in [1.82, 2.24) is 15.2 Å². The third kappa shape index (κ3) is 5.35. The van der Waals surface area contributed by atoms with Crippen molar-refractivity contribution in [2.24, 2.45) is 0 Å². The molecule has 1 fully saturated rings. The van der Waals surface area contributed by atoms with Crippen molar-refractivity contribution in [2.45, 2.75) is 26.2 Å². The number of rotatable bonds is 5. The molecule has 0 spiro atoms. The van der Waals surface area contributed by atoms with E-state index < -0.39 is 0 Å². The van der Waals surface area contributed by atoms with Gasteiger partial charge in [0.15, 0.2) is 5.13 Å². The Balaban J connectivity index is 1.35. The number of hydrogen-bond acceptors (Lipinski definition) is 5. The van der Waals surface area contributed by atoms with Crippen LogP contribution in [0.15, 0.2) is 35.8 Å². The lowest BCUT2D eigenvalue weighted by Gasteiger charge is -2.34. The number of ether oxygens (including phenoxy) is 1. The Labute approximate surface area is 165 Å². The Hall–Kier alpha value is -2.28. The highest BCUT2D eigenvalue weighted by molar-refractivity contribution is 7.13. The number of carbonyl (C=O) groups excluding carboxylic acids is 1. The SMILES string of the molecule is CC(C)(C)c1ccc(OCCNC(=O)N2CCN(c3nccs3)CC2)cc1. The fraction of sp³-hybridized carbons (Fsp3) is 0.500. The van der Waals surface area contributed by atoms with Crippen LogP contribution in [0.2, 0.25) is 0 Å². The zero-order valence-corrected chi connectivity index (χ0v) is 17.1. The maximum Gasteiger partial charge on any atom is 0.317 e. The van der Waals surface area contributed by atoms with Crippen LogP contribution < -0.4 is 15.0 Å². The highest BCUT2D eigenvalue weighted by Crippen LogP contribution is 2.24. The number of carbonyl (C=O) groups is 1. The Morgan fingerprint density at radius 1 is 1.19 bits per heavy atom. The van der Waals surface area contributed by atoms with Crippen molar-refractivity contribution in [3.05, 3.63) is 41.4 Å². The number of benzene rings is 1. The van der Waals surface area contributed by atoms with E-state index in [0.29, 0.717) is 26.2 Å². The van der Waals surface area contributed by atoms with Crippen molar-refractivity contribution in [3.63, 3.8) is 0 Å². The Bertz CT molecular complexity index is 717. The number of hydrogen-bond donors (Lipinski definition) is 1. The van der Waals surface area contributed by atoms with Gasteiger partial charge in [-0.3, -0.25) is 0 Å². The van der Waals surface area contributed by atoms with Crippen LogP contribution in [-0.4, -0.2) is 55.2 Å². The van der Waals surface area contributed by atoms with Crippen LogP contribution in [-0.2, 0) is 5.41 Å². The average molecular weight is 389 g/mol. The average Bonchev–Trinajstić information content (AvgIpc) is 3.20. The number of anilines is 1. The summed E-state index contributed by atoms with van der Waals surface area (Å²) in [5.41, 5.74) is 1.41. The molecule has 0 unspecified atom stereocenters. The summed E-state index contributed by atoms with van der Waals surface area (Å²) >= 11 is 1.64. The minimum absolute atomic E-state index is 0.0273. The van der Waals surface area contributed by atoms with E-state index in [9.17, 15) is 4.79 Å². The molecule has 27 heavy (non-hydrogen) atoms. The Kier molecular flexibility index (Phi) is 6.21. The number of amides is 2. The number of nitrogens with one attached hydrogen (secondary N) is 1. The van der Waals surface area contributed by atoms with Crippen LogP contribution in [0.5, 0.6) is 5.75 Å². The molecule has 1 saturated heterocycles. The number of piperazine rings is 1. The Morgan fingerprint density at radius 2 is 1.89 bits per heavy atom. The minimum atomic E-state index is -0.0273. The molecular weight excluding hydrogens is 360 g/mol. The number of aromatic nitrogens is 1. The van der Waals surface area contributed by atoms with Gasteiger partial charge in [0.2, 0.25) is 0 Å². The number of urea groups is 1. The molecule has 0 atom stereocenters. The third-order valence-corrected chi connectivity index (χ3v) is 5.46. The molecule has 3 rings (SSSR count). The van der Waals surface area contributed by atoms with E-state index in [1.807, 2.05) is 28.6 Å². The molecule has 146 valence electrons. The van der Waals surface area contributed by atoms with Crippen LogP contribution in [0.25, 0.3) is 0 Å². The third-order valence-electron chi connectivity index (χ3n) is 4.62. The van der Waals surface area contributed by atoms with E-state index in [0.717, 1.165) is 24.0 Å². The van der Waals surface area contributed by atoms with Crippen LogP contribution in [0.3, 0.4) is 0 Å². The molecule has 1 aliphatic rings. The summed E-state index contributed by atoms with van der Waals surface area (Å²) in [7, 11) is 0. The maximum absolute atomic E-state index is 12.3. The second-order valence-electron chi connectivity index (χ2n) is 7.64. The number of thiazole rings is 1. The van der Waals surface area contributed by atoms with Gasteiger partial charge in [-0.1, -0.05) is 32.9 Å². The fourth-order valence-electron chi connectivity index (χ4n) is 2.96. The summed E-state index contributed by atoms with van der Waals surface area (Å²) in [6.45, 7) is 10.6. The van der Waals surface area contributed by atoms with Crippen molar-refractivity contribution in [2.75, 3.05) is 44.2 Å². The summed E-state index contributed by atoms with van der Waals surface area (Å²) in [4.78, 5) is 20.7. The van der Waals surface area contributed by atoms with E-state index in [2.05, 4.69) is 48.1 Å². The fourth-order valence-corrected chi connectivity index (χ4v) is 3.66. The minimum Gasteiger partial charge on any atom is -0.492 e. The van der Waals surface area contributed by atoms with Gasteiger partial charge in [0.1, 0.15) is 12.4 Å². The smallest absolute Gasteiger partial charge is 0.317 e. The zero-order valence-electron chi connectivity index (χ0n) is 16.3. The topological polar surface area (TPSA) is 57.7 Å². The second kappa shape index (κ2) is 8.61. The van der Waals surface area contributed by atoms with Crippen molar-refractivity contribution in [3.8, 4) is 5.75 Å².